The molecule has 6 nitrogen and oxygen atoms in total. The van der Waals surface area contributed by atoms with Crippen LogP contribution in [0.15, 0.2) is 18.2 Å². The summed E-state index contributed by atoms with van der Waals surface area (Å²) in [7, 11) is 2.60. The topological polar surface area (TPSA) is 82.1 Å². The Morgan fingerprint density at radius 1 is 1.29 bits per heavy atom. The lowest BCUT2D eigenvalue weighted by Gasteiger charge is -2.11. The van der Waals surface area contributed by atoms with Crippen molar-refractivity contribution in [3.63, 3.8) is 0 Å². The fraction of sp³-hybridized carbons (Fsp3) is 0.273. The fourth-order valence-electron chi connectivity index (χ4n) is 1.18. The van der Waals surface area contributed by atoms with E-state index in [9.17, 15) is 9.59 Å². The molecule has 1 aromatic carbocycles. The Balaban J connectivity index is 3.01. The number of carboxylic acids is 1. The summed E-state index contributed by atoms with van der Waals surface area (Å²) in [6.07, 6.45) is 0. The maximum Gasteiger partial charge on any atom is 0.343 e. The van der Waals surface area contributed by atoms with Gasteiger partial charge in [0.1, 0.15) is 5.56 Å². The lowest BCUT2D eigenvalue weighted by atomic mass is 10.2. The molecule has 1 aromatic rings. The molecule has 0 atom stereocenters. The van der Waals surface area contributed by atoms with Crippen molar-refractivity contribution in [2.24, 2.45) is 0 Å². The van der Waals surface area contributed by atoms with E-state index in [-0.39, 0.29) is 23.7 Å². The standard InChI is InChI=1S/C11H12O6/c1-15-8-5-3-4-7(11(13)14)10(8)17-6-9(12)16-2/h3-5H,6H2,1-2H3,(H,13,14). The fourth-order valence-corrected chi connectivity index (χ4v) is 1.18. The largest absolute Gasteiger partial charge is 0.493 e. The van der Waals surface area contributed by atoms with Crippen molar-refractivity contribution in [1.82, 2.24) is 0 Å². The molecule has 0 radical (unpaired) electrons. The number of esters is 1. The van der Waals surface area contributed by atoms with Crippen LogP contribution in [-0.4, -0.2) is 37.9 Å². The van der Waals surface area contributed by atoms with Crippen molar-refractivity contribution < 1.29 is 28.9 Å². The van der Waals surface area contributed by atoms with Crippen molar-refractivity contribution in [2.75, 3.05) is 20.8 Å². The molecule has 1 N–H and O–H groups in total. The van der Waals surface area contributed by atoms with Crippen LogP contribution in [0.2, 0.25) is 0 Å². The maximum atomic E-state index is 11.0. The molecule has 0 aromatic heterocycles. The third-order valence-corrected chi connectivity index (χ3v) is 1.99. The number of carbonyl (C=O) groups is 2. The van der Waals surface area contributed by atoms with Gasteiger partial charge in [-0.1, -0.05) is 6.07 Å². The molecule has 0 bridgehead atoms. The number of ether oxygens (including phenoxy) is 3. The van der Waals surface area contributed by atoms with Crippen molar-refractivity contribution >= 4 is 11.9 Å². The number of para-hydroxylation sites is 1. The van der Waals surface area contributed by atoms with Gasteiger partial charge in [-0.15, -0.1) is 0 Å². The predicted octanol–water partition coefficient (Wildman–Crippen LogP) is 0.945. The normalized spacial score (nSPS) is 9.53. The van der Waals surface area contributed by atoms with Gasteiger partial charge in [-0.25, -0.2) is 9.59 Å². The first-order valence-electron chi connectivity index (χ1n) is 4.70. The smallest absolute Gasteiger partial charge is 0.343 e. The minimum Gasteiger partial charge on any atom is -0.493 e. The van der Waals surface area contributed by atoms with Gasteiger partial charge in [-0.2, -0.15) is 0 Å². The molecule has 0 fully saturated rings. The van der Waals surface area contributed by atoms with Gasteiger partial charge in [0.25, 0.3) is 0 Å². The third-order valence-electron chi connectivity index (χ3n) is 1.99. The van der Waals surface area contributed by atoms with Gasteiger partial charge in [0.05, 0.1) is 14.2 Å². The lowest BCUT2D eigenvalue weighted by Crippen LogP contribution is -2.14. The van der Waals surface area contributed by atoms with Crippen LogP contribution in [-0.2, 0) is 9.53 Å². The molecule has 6 heteroatoms. The Labute approximate surface area is 97.7 Å². The molecule has 0 unspecified atom stereocenters. The van der Waals surface area contributed by atoms with Crippen LogP contribution < -0.4 is 9.47 Å². The summed E-state index contributed by atoms with van der Waals surface area (Å²) in [5.74, 6) is -1.52. The van der Waals surface area contributed by atoms with Gasteiger partial charge in [0.15, 0.2) is 18.1 Å². The number of hydrogen-bond donors (Lipinski definition) is 1. The number of benzene rings is 1. The molecule has 92 valence electrons. The Morgan fingerprint density at radius 2 is 2.00 bits per heavy atom. The van der Waals surface area contributed by atoms with Crippen LogP contribution in [0, 0.1) is 0 Å². The minimum atomic E-state index is -1.16. The SMILES string of the molecule is COC(=O)COc1c(OC)cccc1C(=O)O. The highest BCUT2D eigenvalue weighted by atomic mass is 16.6. The molecule has 0 spiro atoms. The summed E-state index contributed by atoms with van der Waals surface area (Å²) in [4.78, 5) is 21.9. The number of carbonyl (C=O) groups excluding carboxylic acids is 1. The van der Waals surface area contributed by atoms with Crippen LogP contribution in [0.5, 0.6) is 11.5 Å². The van der Waals surface area contributed by atoms with E-state index in [1.807, 2.05) is 0 Å². The second-order valence-electron chi connectivity index (χ2n) is 3.01. The van der Waals surface area contributed by atoms with Crippen molar-refractivity contribution in [3.05, 3.63) is 23.8 Å². The number of carboxylic acid groups (broad SMARTS) is 1. The van der Waals surface area contributed by atoms with Crippen LogP contribution in [0.4, 0.5) is 0 Å². The molecule has 17 heavy (non-hydrogen) atoms. The average molecular weight is 240 g/mol. The maximum absolute atomic E-state index is 11.0. The molecule has 1 rings (SSSR count). The zero-order valence-electron chi connectivity index (χ0n) is 9.43. The molecule has 0 aliphatic rings. The van der Waals surface area contributed by atoms with E-state index < -0.39 is 11.9 Å². The Morgan fingerprint density at radius 3 is 2.53 bits per heavy atom. The minimum absolute atomic E-state index is 0.00731. The van der Waals surface area contributed by atoms with Gasteiger partial charge in [-0.3, -0.25) is 0 Å². The molecular weight excluding hydrogens is 228 g/mol. The highest BCUT2D eigenvalue weighted by Gasteiger charge is 2.17. The van der Waals surface area contributed by atoms with Crippen molar-refractivity contribution in [3.8, 4) is 11.5 Å². The van der Waals surface area contributed by atoms with Gasteiger partial charge in [0.2, 0.25) is 0 Å². The summed E-state index contributed by atoms with van der Waals surface area (Å²) in [6.45, 7) is -0.378. The highest BCUT2D eigenvalue weighted by molar-refractivity contribution is 5.92. The molecule has 0 aliphatic carbocycles. The van der Waals surface area contributed by atoms with Gasteiger partial charge < -0.3 is 19.3 Å². The first-order chi connectivity index (χ1) is 8.10. The summed E-state index contributed by atoms with van der Waals surface area (Å²) in [5.41, 5.74) is -0.0757. The molecule has 0 saturated carbocycles. The number of rotatable bonds is 5. The Kier molecular flexibility index (Phi) is 4.33. The number of hydrogen-bond acceptors (Lipinski definition) is 5. The summed E-state index contributed by atoms with van der Waals surface area (Å²) >= 11 is 0. The quantitative estimate of drug-likeness (QED) is 0.771. The second-order valence-corrected chi connectivity index (χ2v) is 3.01. The van der Waals surface area contributed by atoms with E-state index in [0.717, 1.165) is 0 Å². The zero-order valence-corrected chi connectivity index (χ0v) is 9.43. The molecule has 0 saturated heterocycles. The van der Waals surface area contributed by atoms with E-state index in [0.29, 0.717) is 0 Å². The summed E-state index contributed by atoms with van der Waals surface area (Å²) in [5, 5.41) is 8.96. The van der Waals surface area contributed by atoms with Crippen LogP contribution in [0.25, 0.3) is 0 Å². The van der Waals surface area contributed by atoms with E-state index >= 15 is 0 Å². The first-order valence-corrected chi connectivity index (χ1v) is 4.70. The van der Waals surface area contributed by atoms with E-state index in [1.54, 1.807) is 6.07 Å². The second kappa shape index (κ2) is 5.74. The summed E-state index contributed by atoms with van der Waals surface area (Å²) in [6, 6.07) is 4.42. The lowest BCUT2D eigenvalue weighted by molar-refractivity contribution is -0.142. The van der Waals surface area contributed by atoms with Gasteiger partial charge >= 0.3 is 11.9 Å². The first kappa shape index (κ1) is 12.8. The Bertz CT molecular complexity index is 426. The van der Waals surface area contributed by atoms with Crippen LogP contribution in [0.3, 0.4) is 0 Å². The highest BCUT2D eigenvalue weighted by Crippen LogP contribution is 2.30. The monoisotopic (exact) mass is 240 g/mol. The Hall–Kier alpha value is -2.24. The van der Waals surface area contributed by atoms with Crippen LogP contribution >= 0.6 is 0 Å². The third kappa shape index (κ3) is 3.10. The van der Waals surface area contributed by atoms with Crippen molar-refractivity contribution in [2.45, 2.75) is 0 Å². The summed E-state index contributed by atoms with van der Waals surface area (Å²) < 4.78 is 14.4. The molecule has 0 aliphatic heterocycles. The van der Waals surface area contributed by atoms with Crippen LogP contribution in [0.1, 0.15) is 10.4 Å². The van der Waals surface area contributed by atoms with Gasteiger partial charge in [-0.05, 0) is 12.1 Å². The predicted molar refractivity (Wildman–Crippen MR) is 57.5 cm³/mol. The van der Waals surface area contributed by atoms with E-state index in [1.165, 1.54) is 26.4 Å². The number of aromatic carboxylic acids is 1. The van der Waals surface area contributed by atoms with E-state index in [2.05, 4.69) is 4.74 Å². The van der Waals surface area contributed by atoms with E-state index in [4.69, 9.17) is 14.6 Å². The molecule has 0 amide bonds. The van der Waals surface area contributed by atoms with Crippen molar-refractivity contribution in [1.29, 1.82) is 0 Å². The van der Waals surface area contributed by atoms with Gasteiger partial charge in [0, 0.05) is 0 Å². The molecule has 0 heterocycles. The number of methoxy groups -OCH3 is 2. The zero-order chi connectivity index (χ0) is 12.8. The average Bonchev–Trinajstić information content (AvgIpc) is 2.35. The molecular formula is C11H12O6.